The molecule has 98 valence electrons. The number of hydrogen-bond donors (Lipinski definition) is 3. The molecule has 5 heteroatoms. The van der Waals surface area contributed by atoms with Crippen molar-refractivity contribution in [2.24, 2.45) is 5.73 Å². The number of aliphatic hydroxyl groups excluding tert-OH is 1. The Morgan fingerprint density at radius 2 is 2.00 bits per heavy atom. The number of hydrogen-bond acceptors (Lipinski definition) is 3. The Morgan fingerprint density at radius 3 is 2.56 bits per heavy atom. The number of anilines is 1. The quantitative estimate of drug-likeness (QED) is 0.765. The molecule has 0 unspecified atom stereocenters. The highest BCUT2D eigenvalue weighted by Crippen LogP contribution is 2.23. The van der Waals surface area contributed by atoms with Crippen LogP contribution in [0.2, 0.25) is 0 Å². The van der Waals surface area contributed by atoms with Crippen molar-refractivity contribution in [2.75, 3.05) is 5.32 Å². The maximum Gasteiger partial charge on any atom is 0.251 e. The summed E-state index contributed by atoms with van der Waals surface area (Å²) in [6, 6.07) is 4.56. The first kappa shape index (κ1) is 12.8. The minimum absolute atomic E-state index is 0.0976. The number of carbonyl (C=O) groups excluding carboxylic acids is 1. The fourth-order valence-electron chi connectivity index (χ4n) is 2.26. The molecule has 1 saturated carbocycles. The van der Waals surface area contributed by atoms with Gasteiger partial charge in [-0.15, -0.1) is 0 Å². The van der Waals surface area contributed by atoms with Gasteiger partial charge in [-0.05, 0) is 43.9 Å². The van der Waals surface area contributed by atoms with E-state index in [2.05, 4.69) is 5.32 Å². The van der Waals surface area contributed by atoms with Crippen molar-refractivity contribution in [1.82, 2.24) is 0 Å². The third kappa shape index (κ3) is 2.98. The van der Waals surface area contributed by atoms with Gasteiger partial charge in [0.05, 0.1) is 11.7 Å². The predicted octanol–water partition coefficient (Wildman–Crippen LogP) is 1.64. The fourth-order valence-corrected chi connectivity index (χ4v) is 2.26. The molecule has 0 heterocycles. The third-order valence-electron chi connectivity index (χ3n) is 3.30. The van der Waals surface area contributed by atoms with Crippen molar-refractivity contribution in [3.8, 4) is 0 Å². The van der Waals surface area contributed by atoms with Gasteiger partial charge in [0.15, 0.2) is 0 Å². The first-order chi connectivity index (χ1) is 8.56. The number of rotatable bonds is 3. The summed E-state index contributed by atoms with van der Waals surface area (Å²) in [5, 5.41) is 12.6. The van der Waals surface area contributed by atoms with Gasteiger partial charge in [-0.3, -0.25) is 4.79 Å². The lowest BCUT2D eigenvalue weighted by atomic mass is 9.93. The lowest BCUT2D eigenvalue weighted by Crippen LogP contribution is -2.28. The van der Waals surface area contributed by atoms with E-state index in [1.807, 2.05) is 0 Å². The Kier molecular flexibility index (Phi) is 3.81. The van der Waals surface area contributed by atoms with Crippen LogP contribution >= 0.6 is 0 Å². The Balaban J connectivity index is 2.02. The number of nitrogens with two attached hydrogens (primary N) is 1. The highest BCUT2D eigenvalue weighted by atomic mass is 19.1. The van der Waals surface area contributed by atoms with Crippen LogP contribution in [-0.4, -0.2) is 23.2 Å². The van der Waals surface area contributed by atoms with E-state index in [1.165, 1.54) is 12.1 Å². The molecule has 0 spiro atoms. The van der Waals surface area contributed by atoms with Gasteiger partial charge < -0.3 is 16.2 Å². The highest BCUT2D eigenvalue weighted by molar-refractivity contribution is 5.93. The third-order valence-corrected chi connectivity index (χ3v) is 3.30. The van der Waals surface area contributed by atoms with Crippen LogP contribution in [0.25, 0.3) is 0 Å². The maximum atomic E-state index is 13.5. The second kappa shape index (κ2) is 5.35. The maximum absolute atomic E-state index is 13.5. The number of halogens is 1. The Labute approximate surface area is 105 Å². The smallest absolute Gasteiger partial charge is 0.251 e. The summed E-state index contributed by atoms with van der Waals surface area (Å²) in [4.78, 5) is 10.9. The summed E-state index contributed by atoms with van der Waals surface area (Å²) < 4.78 is 13.5. The van der Waals surface area contributed by atoms with Crippen LogP contribution in [0.3, 0.4) is 0 Å². The summed E-state index contributed by atoms with van der Waals surface area (Å²) in [6.45, 7) is 0. The molecule has 1 aliphatic carbocycles. The summed E-state index contributed by atoms with van der Waals surface area (Å²) in [7, 11) is 0. The summed E-state index contributed by atoms with van der Waals surface area (Å²) in [5.41, 5.74) is 5.58. The van der Waals surface area contributed by atoms with Crippen LogP contribution in [0, 0.1) is 5.82 Å². The number of primary amides is 1. The van der Waals surface area contributed by atoms with Crippen molar-refractivity contribution < 1.29 is 14.3 Å². The second-order valence-electron chi connectivity index (χ2n) is 4.71. The average molecular weight is 252 g/mol. The molecule has 0 atom stereocenters. The summed E-state index contributed by atoms with van der Waals surface area (Å²) in [6.07, 6.45) is 3.04. The molecule has 0 bridgehead atoms. The van der Waals surface area contributed by atoms with E-state index in [0.717, 1.165) is 25.7 Å². The zero-order chi connectivity index (χ0) is 13.1. The molecule has 0 radical (unpaired) electrons. The van der Waals surface area contributed by atoms with Crippen LogP contribution in [0.4, 0.5) is 10.1 Å². The largest absolute Gasteiger partial charge is 0.393 e. The number of amides is 1. The van der Waals surface area contributed by atoms with Crippen LogP contribution in [0.15, 0.2) is 18.2 Å². The SMILES string of the molecule is NC(=O)c1ccc(NC2CCC(O)CC2)cc1F. The van der Waals surface area contributed by atoms with Crippen LogP contribution in [0.5, 0.6) is 0 Å². The molecule has 4 N–H and O–H groups in total. The normalized spacial score (nSPS) is 23.7. The van der Waals surface area contributed by atoms with E-state index in [4.69, 9.17) is 5.73 Å². The van der Waals surface area contributed by atoms with E-state index < -0.39 is 11.7 Å². The molecule has 1 amide bonds. The predicted molar refractivity (Wildman–Crippen MR) is 66.8 cm³/mol. The summed E-state index contributed by atoms with van der Waals surface area (Å²) >= 11 is 0. The van der Waals surface area contributed by atoms with Crippen LogP contribution < -0.4 is 11.1 Å². The van der Waals surface area contributed by atoms with Gasteiger partial charge in [0.1, 0.15) is 5.82 Å². The minimum atomic E-state index is -0.764. The van der Waals surface area contributed by atoms with E-state index in [9.17, 15) is 14.3 Å². The minimum Gasteiger partial charge on any atom is -0.393 e. The number of aliphatic hydroxyl groups is 1. The van der Waals surface area contributed by atoms with Crippen molar-refractivity contribution in [2.45, 2.75) is 37.8 Å². The molecule has 1 fully saturated rings. The van der Waals surface area contributed by atoms with Crippen molar-refractivity contribution in [3.63, 3.8) is 0 Å². The Morgan fingerprint density at radius 1 is 1.33 bits per heavy atom. The lowest BCUT2D eigenvalue weighted by Gasteiger charge is -2.27. The molecule has 2 rings (SSSR count). The average Bonchev–Trinajstić information content (AvgIpc) is 2.32. The number of nitrogens with one attached hydrogen (secondary N) is 1. The van der Waals surface area contributed by atoms with Gasteiger partial charge >= 0.3 is 0 Å². The van der Waals surface area contributed by atoms with Crippen molar-refractivity contribution >= 4 is 11.6 Å². The molecular formula is C13H17FN2O2. The Hall–Kier alpha value is -1.62. The topological polar surface area (TPSA) is 75.4 Å². The zero-order valence-electron chi connectivity index (χ0n) is 10.0. The van der Waals surface area contributed by atoms with E-state index in [-0.39, 0.29) is 17.7 Å². The standard InChI is InChI=1S/C13H17FN2O2/c14-12-7-9(3-6-11(12)13(15)18)16-8-1-4-10(17)5-2-8/h3,6-8,10,16-17H,1-2,4-5H2,(H2,15,18). The molecule has 4 nitrogen and oxygen atoms in total. The van der Waals surface area contributed by atoms with E-state index in [1.54, 1.807) is 6.07 Å². The monoisotopic (exact) mass is 252 g/mol. The first-order valence-electron chi connectivity index (χ1n) is 6.10. The second-order valence-corrected chi connectivity index (χ2v) is 4.71. The molecule has 0 aliphatic heterocycles. The fraction of sp³-hybridized carbons (Fsp3) is 0.462. The van der Waals surface area contributed by atoms with Gasteiger partial charge in [0, 0.05) is 11.7 Å². The van der Waals surface area contributed by atoms with Crippen molar-refractivity contribution in [1.29, 1.82) is 0 Å². The highest BCUT2D eigenvalue weighted by Gasteiger charge is 2.19. The molecule has 18 heavy (non-hydrogen) atoms. The molecule has 1 aliphatic rings. The lowest BCUT2D eigenvalue weighted by molar-refractivity contribution is 0.0996. The molecular weight excluding hydrogens is 235 g/mol. The van der Waals surface area contributed by atoms with E-state index in [0.29, 0.717) is 5.69 Å². The van der Waals surface area contributed by atoms with Crippen molar-refractivity contribution in [3.05, 3.63) is 29.6 Å². The van der Waals surface area contributed by atoms with Gasteiger partial charge in [-0.1, -0.05) is 0 Å². The van der Waals surface area contributed by atoms with Crippen LogP contribution in [0.1, 0.15) is 36.0 Å². The number of carbonyl (C=O) groups is 1. The molecule has 1 aromatic carbocycles. The van der Waals surface area contributed by atoms with Gasteiger partial charge in [-0.25, -0.2) is 4.39 Å². The first-order valence-corrected chi connectivity index (χ1v) is 6.10. The summed E-state index contributed by atoms with van der Waals surface area (Å²) in [5.74, 6) is -1.37. The molecule has 0 aromatic heterocycles. The van der Waals surface area contributed by atoms with Gasteiger partial charge in [-0.2, -0.15) is 0 Å². The van der Waals surface area contributed by atoms with Gasteiger partial charge in [0.25, 0.3) is 5.91 Å². The van der Waals surface area contributed by atoms with Gasteiger partial charge in [0.2, 0.25) is 0 Å². The number of benzene rings is 1. The molecule has 1 aromatic rings. The van der Waals surface area contributed by atoms with Crippen LogP contribution in [-0.2, 0) is 0 Å². The van der Waals surface area contributed by atoms with E-state index >= 15 is 0 Å². The Bertz CT molecular complexity index is 443. The molecule has 0 saturated heterocycles. The zero-order valence-corrected chi connectivity index (χ0v) is 10.0.